The molecule has 1 aromatic heterocycles. The summed E-state index contributed by atoms with van der Waals surface area (Å²) >= 11 is 10.4. The Kier molecular flexibility index (Phi) is 7.34. The first kappa shape index (κ1) is 21.8. The van der Waals surface area contributed by atoms with Gasteiger partial charge in [-0.05, 0) is 42.8 Å². The van der Waals surface area contributed by atoms with E-state index in [0.29, 0.717) is 27.6 Å². The number of aliphatic hydroxyl groups excluding tert-OH is 1. The number of nitrogens with zero attached hydrogens (tertiary/aromatic N) is 2. The SMILES string of the molecule is C[C@H](O)Cn1c(SCC(=O)NCc2ccc(Cl)cc2)nc2ccc(Br)cc2c1=O. The van der Waals surface area contributed by atoms with Crippen LogP contribution in [0.25, 0.3) is 10.9 Å². The van der Waals surface area contributed by atoms with Gasteiger partial charge in [0.25, 0.3) is 5.56 Å². The predicted octanol–water partition coefficient (Wildman–Crippen LogP) is 3.60. The molecule has 9 heteroatoms. The standard InChI is InChI=1S/C20H19BrClN3O3S/c1-12(26)10-25-19(28)16-8-14(21)4-7-17(16)24-20(25)29-11-18(27)23-9-13-2-5-15(22)6-3-13/h2-8,12,26H,9-11H2,1H3,(H,23,27)/t12-/m0/s1. The lowest BCUT2D eigenvalue weighted by Gasteiger charge is -2.14. The number of aliphatic hydroxyl groups is 1. The molecule has 1 atom stereocenters. The van der Waals surface area contributed by atoms with E-state index in [1.807, 2.05) is 12.1 Å². The van der Waals surface area contributed by atoms with Crippen LogP contribution in [-0.2, 0) is 17.9 Å². The normalized spacial score (nSPS) is 12.1. The van der Waals surface area contributed by atoms with Crippen LogP contribution in [0.3, 0.4) is 0 Å². The molecule has 0 aliphatic rings. The number of hydrogen-bond acceptors (Lipinski definition) is 5. The van der Waals surface area contributed by atoms with E-state index >= 15 is 0 Å². The van der Waals surface area contributed by atoms with Crippen molar-refractivity contribution in [1.29, 1.82) is 0 Å². The van der Waals surface area contributed by atoms with E-state index in [2.05, 4.69) is 26.2 Å². The number of carbonyl (C=O) groups is 1. The molecule has 0 spiro atoms. The van der Waals surface area contributed by atoms with Gasteiger partial charge in [-0.15, -0.1) is 0 Å². The summed E-state index contributed by atoms with van der Waals surface area (Å²) in [4.78, 5) is 29.7. The fourth-order valence-electron chi connectivity index (χ4n) is 2.69. The van der Waals surface area contributed by atoms with Crippen molar-refractivity contribution in [3.63, 3.8) is 0 Å². The summed E-state index contributed by atoms with van der Waals surface area (Å²) in [6.07, 6.45) is -0.725. The topological polar surface area (TPSA) is 84.2 Å². The molecule has 1 heterocycles. The van der Waals surface area contributed by atoms with Crippen LogP contribution in [0, 0.1) is 0 Å². The van der Waals surface area contributed by atoms with Crippen molar-refractivity contribution in [3.8, 4) is 0 Å². The summed E-state index contributed by atoms with van der Waals surface area (Å²) in [6.45, 7) is 2.09. The Morgan fingerprint density at radius 3 is 2.72 bits per heavy atom. The van der Waals surface area contributed by atoms with Gasteiger partial charge in [0.15, 0.2) is 5.16 Å². The number of nitrogens with one attached hydrogen (secondary N) is 1. The van der Waals surface area contributed by atoms with Crippen molar-refractivity contribution in [2.24, 2.45) is 0 Å². The molecular formula is C20H19BrClN3O3S. The number of rotatable bonds is 7. The molecule has 0 radical (unpaired) electrons. The van der Waals surface area contributed by atoms with E-state index in [9.17, 15) is 14.7 Å². The quantitative estimate of drug-likeness (QED) is 0.386. The van der Waals surface area contributed by atoms with Gasteiger partial charge in [-0.25, -0.2) is 4.98 Å². The van der Waals surface area contributed by atoms with Crippen LogP contribution >= 0.6 is 39.3 Å². The van der Waals surface area contributed by atoms with Gasteiger partial charge in [-0.2, -0.15) is 0 Å². The van der Waals surface area contributed by atoms with Crippen molar-refractivity contribution in [1.82, 2.24) is 14.9 Å². The third-order valence-electron chi connectivity index (χ3n) is 4.06. The van der Waals surface area contributed by atoms with Gasteiger partial charge in [0.2, 0.25) is 5.91 Å². The third kappa shape index (κ3) is 5.82. The van der Waals surface area contributed by atoms with Crippen molar-refractivity contribution < 1.29 is 9.90 Å². The highest BCUT2D eigenvalue weighted by molar-refractivity contribution is 9.10. The molecule has 0 unspecified atom stereocenters. The summed E-state index contributed by atoms with van der Waals surface area (Å²) < 4.78 is 2.19. The second-order valence-corrected chi connectivity index (χ2v) is 8.81. The number of aromatic nitrogens is 2. The van der Waals surface area contributed by atoms with Crippen LogP contribution in [0.5, 0.6) is 0 Å². The first-order valence-electron chi connectivity index (χ1n) is 8.85. The van der Waals surface area contributed by atoms with Crippen molar-refractivity contribution >= 4 is 56.1 Å². The van der Waals surface area contributed by atoms with Crippen molar-refractivity contribution in [3.05, 3.63) is 67.9 Å². The Morgan fingerprint density at radius 1 is 1.31 bits per heavy atom. The molecule has 3 rings (SSSR count). The molecule has 0 bridgehead atoms. The number of amides is 1. The Hall–Kier alpha value is -1.87. The van der Waals surface area contributed by atoms with Crippen LogP contribution in [0.4, 0.5) is 0 Å². The minimum Gasteiger partial charge on any atom is -0.392 e. The molecule has 0 aliphatic heterocycles. The Bertz CT molecular complexity index is 1090. The molecule has 0 saturated heterocycles. The first-order valence-corrected chi connectivity index (χ1v) is 11.0. The van der Waals surface area contributed by atoms with Crippen molar-refractivity contribution in [2.45, 2.75) is 31.3 Å². The molecule has 1 amide bonds. The zero-order valence-electron chi connectivity index (χ0n) is 15.6. The summed E-state index contributed by atoms with van der Waals surface area (Å²) in [5.74, 6) is -0.0827. The zero-order valence-corrected chi connectivity index (χ0v) is 18.7. The molecule has 29 heavy (non-hydrogen) atoms. The maximum atomic E-state index is 12.9. The van der Waals surface area contributed by atoms with Crippen LogP contribution in [0.1, 0.15) is 12.5 Å². The summed E-state index contributed by atoms with van der Waals surface area (Å²) in [5.41, 5.74) is 1.23. The van der Waals surface area contributed by atoms with Gasteiger partial charge in [0.05, 0.1) is 29.3 Å². The highest BCUT2D eigenvalue weighted by Gasteiger charge is 2.15. The second kappa shape index (κ2) is 9.75. The molecule has 2 N–H and O–H groups in total. The number of thioether (sulfide) groups is 1. The number of hydrogen-bond donors (Lipinski definition) is 2. The molecular weight excluding hydrogens is 478 g/mol. The maximum Gasteiger partial charge on any atom is 0.262 e. The smallest absolute Gasteiger partial charge is 0.262 e. The fourth-order valence-corrected chi connectivity index (χ4v) is 4.02. The Labute approximate surface area is 185 Å². The molecule has 2 aromatic carbocycles. The van der Waals surface area contributed by atoms with E-state index in [1.54, 1.807) is 37.3 Å². The average Bonchev–Trinajstić information content (AvgIpc) is 2.68. The predicted molar refractivity (Wildman–Crippen MR) is 119 cm³/mol. The first-order chi connectivity index (χ1) is 13.8. The molecule has 6 nitrogen and oxygen atoms in total. The fraction of sp³-hybridized carbons (Fsp3) is 0.250. The van der Waals surface area contributed by atoms with Gasteiger partial charge in [-0.3, -0.25) is 14.2 Å². The van der Waals surface area contributed by atoms with Crippen molar-refractivity contribution in [2.75, 3.05) is 5.75 Å². The highest BCUT2D eigenvalue weighted by atomic mass is 79.9. The van der Waals surface area contributed by atoms with Crippen LogP contribution < -0.4 is 10.9 Å². The maximum absolute atomic E-state index is 12.9. The molecule has 152 valence electrons. The van der Waals surface area contributed by atoms with Gasteiger partial charge in [0.1, 0.15) is 0 Å². The van der Waals surface area contributed by atoms with E-state index in [4.69, 9.17) is 11.6 Å². The van der Waals surface area contributed by atoms with E-state index in [1.165, 1.54) is 4.57 Å². The van der Waals surface area contributed by atoms with Gasteiger partial charge >= 0.3 is 0 Å². The number of halogens is 2. The van der Waals surface area contributed by atoms with E-state index in [-0.39, 0.29) is 23.8 Å². The lowest BCUT2D eigenvalue weighted by molar-refractivity contribution is -0.118. The summed E-state index contributed by atoms with van der Waals surface area (Å²) in [5, 5.41) is 14.1. The molecule has 0 aliphatic carbocycles. The third-order valence-corrected chi connectivity index (χ3v) is 5.78. The van der Waals surface area contributed by atoms with Crippen LogP contribution in [0.2, 0.25) is 5.02 Å². The molecule has 3 aromatic rings. The van der Waals surface area contributed by atoms with E-state index < -0.39 is 6.10 Å². The molecule has 0 saturated carbocycles. The minimum absolute atomic E-state index is 0.0991. The summed E-state index contributed by atoms with van der Waals surface area (Å²) in [7, 11) is 0. The molecule has 0 fully saturated rings. The summed E-state index contributed by atoms with van der Waals surface area (Å²) in [6, 6.07) is 12.5. The second-order valence-electron chi connectivity index (χ2n) is 6.51. The largest absolute Gasteiger partial charge is 0.392 e. The monoisotopic (exact) mass is 495 g/mol. The Balaban J connectivity index is 1.75. The highest BCUT2D eigenvalue weighted by Crippen LogP contribution is 2.21. The van der Waals surface area contributed by atoms with Crippen LogP contribution in [0.15, 0.2) is 56.9 Å². The van der Waals surface area contributed by atoms with E-state index in [0.717, 1.165) is 21.8 Å². The van der Waals surface area contributed by atoms with Gasteiger partial charge < -0.3 is 10.4 Å². The number of benzene rings is 2. The van der Waals surface area contributed by atoms with Crippen LogP contribution in [-0.4, -0.2) is 32.4 Å². The number of fused-ring (bicyclic) bond motifs is 1. The average molecular weight is 497 g/mol. The zero-order chi connectivity index (χ0) is 21.0. The lowest BCUT2D eigenvalue weighted by atomic mass is 10.2. The number of carbonyl (C=O) groups excluding carboxylic acids is 1. The van der Waals surface area contributed by atoms with Gasteiger partial charge in [0, 0.05) is 16.0 Å². The minimum atomic E-state index is -0.725. The Morgan fingerprint density at radius 2 is 2.03 bits per heavy atom. The lowest BCUT2D eigenvalue weighted by Crippen LogP contribution is -2.29. The van der Waals surface area contributed by atoms with Gasteiger partial charge in [-0.1, -0.05) is 51.4 Å².